The van der Waals surface area contributed by atoms with Gasteiger partial charge in [0.2, 0.25) is 0 Å². The van der Waals surface area contributed by atoms with Crippen LogP contribution in [0.2, 0.25) is 0 Å². The van der Waals surface area contributed by atoms with Gasteiger partial charge in [0.25, 0.3) is 0 Å². The number of rotatable bonds is 3. The average molecular weight is 940 g/mol. The molecule has 0 N–H and O–H groups in total. The maximum Gasteiger partial charge on any atom is 0 e. The summed E-state index contributed by atoms with van der Waals surface area (Å²) < 4.78 is 0. The molecule has 52 heavy (non-hydrogen) atoms. The normalized spacial score (nSPS) is 37.6. The van der Waals surface area contributed by atoms with Crippen molar-refractivity contribution in [1.29, 1.82) is 0 Å². The molecular formula is C45H69IrN3S3-6. The first-order chi connectivity index (χ1) is 23.7. The Bertz CT molecular complexity index is 1320. The predicted octanol–water partition coefficient (Wildman–Crippen LogP) is 14.7. The Hall–Kier alpha value is -0.371. The molecule has 1 radical (unpaired) electrons. The zero-order chi connectivity index (χ0) is 38.2. The van der Waals surface area contributed by atoms with E-state index in [0.717, 1.165) is 17.8 Å². The number of thiophene rings is 3. The van der Waals surface area contributed by atoms with Crippen LogP contribution in [0.1, 0.15) is 147 Å². The van der Waals surface area contributed by atoms with Crippen LogP contribution in [0.25, 0.3) is 16.0 Å². The van der Waals surface area contributed by atoms with E-state index < -0.39 is 0 Å². The first-order valence-corrected chi connectivity index (χ1v) is 22.3. The fourth-order valence-corrected chi connectivity index (χ4v) is 11.5. The van der Waals surface area contributed by atoms with Crippen LogP contribution in [-0.2, 0) is 20.1 Å². The second kappa shape index (κ2) is 19.2. The van der Waals surface area contributed by atoms with Gasteiger partial charge in [0.05, 0.1) is 0 Å². The molecule has 6 rings (SSSR count). The number of nitrogens with zero attached hydrogens (tertiary/aromatic N) is 3. The smallest absolute Gasteiger partial charge is 0 e. The molecule has 3 nitrogen and oxygen atoms in total. The van der Waals surface area contributed by atoms with Gasteiger partial charge in [-0.1, -0.05) is 160 Å². The van der Waals surface area contributed by atoms with E-state index in [0.29, 0.717) is 71.8 Å². The van der Waals surface area contributed by atoms with E-state index in [4.69, 9.17) is 16.0 Å². The van der Waals surface area contributed by atoms with Gasteiger partial charge in [-0.25, -0.2) is 34.9 Å². The van der Waals surface area contributed by atoms with Gasteiger partial charge in [-0.05, 0) is 17.8 Å². The van der Waals surface area contributed by atoms with Crippen molar-refractivity contribution < 1.29 is 20.1 Å². The molecule has 0 amide bonds. The Morgan fingerprint density at radius 2 is 0.558 bits per heavy atom. The summed E-state index contributed by atoms with van der Waals surface area (Å²) in [6.07, 6.45) is 0. The molecule has 0 aliphatic carbocycles. The van der Waals surface area contributed by atoms with Crippen molar-refractivity contribution in [3.05, 3.63) is 80.1 Å². The number of hydrogen-bond donors (Lipinski definition) is 0. The van der Waals surface area contributed by atoms with Gasteiger partial charge in [0.1, 0.15) is 0 Å². The van der Waals surface area contributed by atoms with Crippen molar-refractivity contribution in [3.63, 3.8) is 0 Å². The summed E-state index contributed by atoms with van der Waals surface area (Å²) in [6, 6.07) is 13.1. The van der Waals surface area contributed by atoms with Crippen molar-refractivity contribution in [2.24, 2.45) is 53.3 Å². The third-order valence-electron chi connectivity index (χ3n) is 14.1. The first-order valence-electron chi connectivity index (χ1n) is 19.8. The van der Waals surface area contributed by atoms with Crippen molar-refractivity contribution >= 4 is 34.0 Å². The zero-order valence-electron chi connectivity index (χ0n) is 35.6. The molecule has 297 valence electrons. The summed E-state index contributed by atoms with van der Waals surface area (Å²) in [4.78, 5) is 8.21. The summed E-state index contributed by atoms with van der Waals surface area (Å²) in [7, 11) is 0. The second-order valence-corrected chi connectivity index (χ2v) is 20.8. The van der Waals surface area contributed by atoms with Gasteiger partial charge in [-0.3, -0.25) is 34.0 Å². The van der Waals surface area contributed by atoms with Crippen LogP contribution in [0, 0.1) is 113 Å². The van der Waals surface area contributed by atoms with E-state index in [9.17, 15) is 0 Å². The molecule has 15 unspecified atom stereocenters. The minimum atomic E-state index is 0. The van der Waals surface area contributed by atoms with Crippen molar-refractivity contribution in [2.45, 2.75) is 161 Å². The quantitative estimate of drug-likeness (QED) is 0.235. The predicted molar refractivity (Wildman–Crippen MR) is 227 cm³/mol. The van der Waals surface area contributed by atoms with Crippen molar-refractivity contribution in [1.82, 2.24) is 0 Å². The van der Waals surface area contributed by atoms with Gasteiger partial charge in [0.15, 0.2) is 0 Å². The number of aryl methyl sites for hydroxylation is 6. The van der Waals surface area contributed by atoms with Crippen molar-refractivity contribution in [2.75, 3.05) is 0 Å². The van der Waals surface area contributed by atoms with Gasteiger partial charge in [0, 0.05) is 20.1 Å². The Balaban J connectivity index is 0.000000208. The molecule has 0 saturated carbocycles. The largest absolute Gasteiger partial charge is 0.653 e. The van der Waals surface area contributed by atoms with Crippen LogP contribution in [0.15, 0.2) is 0 Å². The standard InChI is InChI=1S/3C15H23NS.Ir/c3*1-8-7-14(17-13(8)6)15-11(4)9(2)10(3)12(5)16-15;/h3*9-12,15H,1-6H3;/q3*-2;. The van der Waals surface area contributed by atoms with E-state index in [1.54, 1.807) is 0 Å². The average Bonchev–Trinajstić information content (AvgIpc) is 3.73. The molecule has 0 bridgehead atoms. The molecule has 3 aromatic heterocycles. The third-order valence-corrected chi connectivity index (χ3v) is 17.6. The van der Waals surface area contributed by atoms with Gasteiger partial charge in [-0.15, -0.1) is 65.5 Å². The Morgan fingerprint density at radius 1 is 0.346 bits per heavy atom. The van der Waals surface area contributed by atoms with Crippen LogP contribution < -0.4 is 0 Å². The fraction of sp³-hybridized carbons (Fsp3) is 0.733. The van der Waals surface area contributed by atoms with E-state index in [-0.39, 0.29) is 20.1 Å². The zero-order valence-corrected chi connectivity index (χ0v) is 40.4. The molecular weight excluding hydrogens is 871 g/mol. The van der Waals surface area contributed by atoms with Crippen LogP contribution in [0.5, 0.6) is 0 Å². The Labute approximate surface area is 346 Å². The molecule has 7 heteroatoms. The summed E-state index contributed by atoms with van der Waals surface area (Å²) in [5, 5.41) is 15.0. The van der Waals surface area contributed by atoms with E-state index in [1.165, 1.54) is 46.0 Å². The molecule has 3 saturated heterocycles. The summed E-state index contributed by atoms with van der Waals surface area (Å²) in [5.41, 5.74) is 3.89. The van der Waals surface area contributed by atoms with Crippen LogP contribution in [0.3, 0.4) is 0 Å². The molecule has 3 aliphatic rings. The summed E-state index contributed by atoms with van der Waals surface area (Å²) in [6.45, 7) is 40.9. The molecule has 3 aliphatic heterocycles. The minimum absolute atomic E-state index is 0. The molecule has 15 atom stereocenters. The minimum Gasteiger partial charge on any atom is -0.653 e. The van der Waals surface area contributed by atoms with Crippen molar-refractivity contribution in [3.8, 4) is 0 Å². The maximum atomic E-state index is 5.00. The molecule has 3 aromatic rings. The molecule has 0 spiro atoms. The fourth-order valence-electron chi connectivity index (χ4n) is 8.13. The van der Waals surface area contributed by atoms with Crippen LogP contribution in [0.4, 0.5) is 0 Å². The monoisotopic (exact) mass is 940 g/mol. The third kappa shape index (κ3) is 10.1. The number of hydrogen-bond acceptors (Lipinski definition) is 3. The SMILES string of the molecule is Cc1[c-]c(C2[N-]C(C)C(C)C(C)C2C)sc1C.Cc1[c-]c(C2[N-]C(C)C(C)C(C)C2C)sc1C.Cc1[c-]c(C2[N-]C(C)C(C)C(C)C2C)sc1C.[Ir]. The second-order valence-electron chi connectivity index (χ2n) is 17.1. The van der Waals surface area contributed by atoms with Crippen LogP contribution in [-0.4, -0.2) is 18.1 Å². The van der Waals surface area contributed by atoms with Gasteiger partial charge < -0.3 is 16.0 Å². The van der Waals surface area contributed by atoms with E-state index >= 15 is 0 Å². The molecule has 3 fully saturated rings. The van der Waals surface area contributed by atoms with Gasteiger partial charge >= 0.3 is 0 Å². The first kappa shape index (κ1) is 46.0. The molecule has 0 aromatic carbocycles. The number of piperidine rings is 3. The topological polar surface area (TPSA) is 42.3 Å². The van der Waals surface area contributed by atoms with E-state index in [2.05, 4.69) is 143 Å². The summed E-state index contributed by atoms with van der Waals surface area (Å²) >= 11 is 5.64. The summed E-state index contributed by atoms with van der Waals surface area (Å²) in [5.74, 6) is 6.21. The van der Waals surface area contributed by atoms with Gasteiger partial charge in [-0.2, -0.15) is 0 Å². The van der Waals surface area contributed by atoms with E-state index in [1.807, 2.05) is 34.0 Å². The maximum absolute atomic E-state index is 5.00. The molecule has 6 heterocycles. The van der Waals surface area contributed by atoms with Crippen LogP contribution >= 0.6 is 34.0 Å². The Morgan fingerprint density at radius 3 is 0.731 bits per heavy atom. The Kier molecular flexibility index (Phi) is 17.0.